The highest BCUT2D eigenvalue weighted by molar-refractivity contribution is 9.10. The van der Waals surface area contributed by atoms with Crippen LogP contribution >= 0.6 is 27.3 Å². The highest BCUT2D eigenvalue weighted by Crippen LogP contribution is 2.20. The fourth-order valence-electron chi connectivity index (χ4n) is 2.00. The average Bonchev–Trinajstić information content (AvgIpc) is 2.88. The van der Waals surface area contributed by atoms with Gasteiger partial charge in [0.05, 0.1) is 24.4 Å². The third-order valence-electron chi connectivity index (χ3n) is 3.27. The predicted molar refractivity (Wildman–Crippen MR) is 91.7 cm³/mol. The molecule has 0 unspecified atom stereocenters. The van der Waals surface area contributed by atoms with E-state index in [9.17, 15) is 0 Å². The van der Waals surface area contributed by atoms with Crippen LogP contribution in [-0.2, 0) is 24.3 Å². The molecule has 0 aliphatic heterocycles. The van der Waals surface area contributed by atoms with Crippen LogP contribution in [0.2, 0.25) is 0 Å². The van der Waals surface area contributed by atoms with E-state index in [4.69, 9.17) is 4.74 Å². The molecule has 3 nitrogen and oxygen atoms in total. The molecule has 1 aromatic carbocycles. The van der Waals surface area contributed by atoms with Crippen LogP contribution in [0.1, 0.15) is 28.6 Å². The molecule has 0 bridgehead atoms. The third-order valence-corrected chi connectivity index (χ3v) is 5.01. The molecule has 0 amide bonds. The molecule has 1 heterocycles. The van der Waals surface area contributed by atoms with Crippen molar-refractivity contribution >= 4 is 27.3 Å². The number of rotatable bonds is 8. The van der Waals surface area contributed by atoms with E-state index in [1.54, 1.807) is 11.3 Å². The van der Waals surface area contributed by atoms with Gasteiger partial charge in [0.1, 0.15) is 0 Å². The highest BCUT2D eigenvalue weighted by Gasteiger charge is 2.04. The van der Waals surface area contributed by atoms with Crippen molar-refractivity contribution in [3.8, 4) is 0 Å². The van der Waals surface area contributed by atoms with Crippen LogP contribution in [0.3, 0.4) is 0 Å². The van der Waals surface area contributed by atoms with Crippen molar-refractivity contribution in [3.05, 3.63) is 49.9 Å². The molecule has 2 aromatic rings. The first-order valence-corrected chi connectivity index (χ1v) is 8.82. The molecule has 0 radical (unpaired) electrons. The number of aryl methyl sites for hydroxylation is 1. The Kier molecular flexibility index (Phi) is 6.83. The molecule has 0 saturated heterocycles. The van der Waals surface area contributed by atoms with Gasteiger partial charge in [-0.1, -0.05) is 35.0 Å². The molecule has 0 aliphatic carbocycles. The van der Waals surface area contributed by atoms with Crippen molar-refractivity contribution < 1.29 is 4.74 Å². The predicted octanol–water partition coefficient (Wildman–Crippen LogP) is 4.08. The van der Waals surface area contributed by atoms with E-state index in [0.717, 1.165) is 36.3 Å². The minimum absolute atomic E-state index is 0.639. The molecule has 0 saturated carbocycles. The van der Waals surface area contributed by atoms with E-state index >= 15 is 0 Å². The van der Waals surface area contributed by atoms with Gasteiger partial charge in [-0.05, 0) is 30.7 Å². The zero-order valence-electron chi connectivity index (χ0n) is 12.5. The lowest BCUT2D eigenvalue weighted by molar-refractivity contribution is 0.124. The van der Waals surface area contributed by atoms with Crippen molar-refractivity contribution in [2.75, 3.05) is 13.2 Å². The van der Waals surface area contributed by atoms with Crippen LogP contribution in [0.25, 0.3) is 0 Å². The summed E-state index contributed by atoms with van der Waals surface area (Å²) in [5, 5.41) is 3.33. The zero-order chi connectivity index (χ0) is 15.1. The van der Waals surface area contributed by atoms with Crippen molar-refractivity contribution in [3.63, 3.8) is 0 Å². The first kappa shape index (κ1) is 16.6. The van der Waals surface area contributed by atoms with Gasteiger partial charge >= 0.3 is 0 Å². The number of aromatic nitrogens is 1. The minimum atomic E-state index is 0.639. The fraction of sp³-hybridized carbons (Fsp3) is 0.438. The number of nitrogens with zero attached hydrogens (tertiary/aromatic N) is 1. The smallest absolute Gasteiger partial charge is 0.0797 e. The number of ether oxygens (including phenoxy) is 1. The fourth-order valence-corrected chi connectivity index (χ4v) is 3.30. The van der Waals surface area contributed by atoms with E-state index in [0.29, 0.717) is 6.61 Å². The van der Waals surface area contributed by atoms with Gasteiger partial charge in [0.15, 0.2) is 0 Å². The Morgan fingerprint density at radius 1 is 1.38 bits per heavy atom. The first-order chi connectivity index (χ1) is 10.2. The number of hydrogen-bond acceptors (Lipinski definition) is 4. The maximum absolute atomic E-state index is 5.78. The van der Waals surface area contributed by atoms with Gasteiger partial charge in [0.25, 0.3) is 0 Å². The Balaban J connectivity index is 1.79. The molecule has 114 valence electrons. The molecular weight excluding hydrogens is 348 g/mol. The standard InChI is InChI=1S/C16H21BrN2OS/c1-3-18-9-13-4-5-14(15(17)8-13)10-20-7-6-16-12(2)19-11-21-16/h4-5,8,11,18H,3,6-7,9-10H2,1-2H3. The van der Waals surface area contributed by atoms with Gasteiger partial charge in [-0.25, -0.2) is 4.98 Å². The van der Waals surface area contributed by atoms with Crippen LogP contribution < -0.4 is 5.32 Å². The van der Waals surface area contributed by atoms with E-state index in [2.05, 4.69) is 51.4 Å². The maximum atomic E-state index is 5.78. The molecule has 0 spiro atoms. The zero-order valence-corrected chi connectivity index (χ0v) is 14.9. The summed E-state index contributed by atoms with van der Waals surface area (Å²) < 4.78 is 6.90. The van der Waals surface area contributed by atoms with Gasteiger partial charge < -0.3 is 10.1 Å². The monoisotopic (exact) mass is 368 g/mol. The molecule has 5 heteroatoms. The van der Waals surface area contributed by atoms with E-state index < -0.39 is 0 Å². The van der Waals surface area contributed by atoms with Crippen LogP contribution in [0.4, 0.5) is 0 Å². The quantitative estimate of drug-likeness (QED) is 0.712. The van der Waals surface area contributed by atoms with Crippen LogP contribution in [0.5, 0.6) is 0 Å². The molecule has 21 heavy (non-hydrogen) atoms. The summed E-state index contributed by atoms with van der Waals surface area (Å²) >= 11 is 5.33. The lowest BCUT2D eigenvalue weighted by Crippen LogP contribution is -2.11. The van der Waals surface area contributed by atoms with Gasteiger partial charge in [-0.2, -0.15) is 0 Å². The lowest BCUT2D eigenvalue weighted by Gasteiger charge is -2.09. The van der Waals surface area contributed by atoms with Crippen LogP contribution in [0.15, 0.2) is 28.2 Å². The topological polar surface area (TPSA) is 34.1 Å². The van der Waals surface area contributed by atoms with Gasteiger partial charge in [0, 0.05) is 22.3 Å². The average molecular weight is 369 g/mol. The molecule has 1 N–H and O–H groups in total. The Bertz CT molecular complexity index is 571. The van der Waals surface area contributed by atoms with Crippen LogP contribution in [0, 0.1) is 6.92 Å². The highest BCUT2D eigenvalue weighted by atomic mass is 79.9. The minimum Gasteiger partial charge on any atom is -0.376 e. The first-order valence-electron chi connectivity index (χ1n) is 7.15. The summed E-state index contributed by atoms with van der Waals surface area (Å²) in [6, 6.07) is 6.45. The summed E-state index contributed by atoms with van der Waals surface area (Å²) in [6.45, 7) is 7.42. The van der Waals surface area contributed by atoms with Crippen molar-refractivity contribution in [1.82, 2.24) is 10.3 Å². The summed E-state index contributed by atoms with van der Waals surface area (Å²) in [7, 11) is 0. The number of thiazole rings is 1. The van der Waals surface area contributed by atoms with E-state index in [-0.39, 0.29) is 0 Å². The molecule has 0 atom stereocenters. The maximum Gasteiger partial charge on any atom is 0.0797 e. The SMILES string of the molecule is CCNCc1ccc(COCCc2scnc2C)c(Br)c1. The number of halogens is 1. The van der Waals surface area contributed by atoms with Crippen LogP contribution in [-0.4, -0.2) is 18.1 Å². The molecule has 0 aliphatic rings. The Labute approximate surface area is 138 Å². The lowest BCUT2D eigenvalue weighted by atomic mass is 10.1. The van der Waals surface area contributed by atoms with Crippen molar-refractivity contribution in [2.45, 2.75) is 33.4 Å². The molecule has 0 fully saturated rings. The van der Waals surface area contributed by atoms with Crippen molar-refractivity contribution in [2.24, 2.45) is 0 Å². The second kappa shape index (κ2) is 8.63. The van der Waals surface area contributed by atoms with Gasteiger partial charge in [-0.3, -0.25) is 0 Å². The number of nitrogens with one attached hydrogen (secondary N) is 1. The summed E-state index contributed by atoms with van der Waals surface area (Å²) in [5.41, 5.74) is 5.49. The Hall–Kier alpha value is -0.750. The van der Waals surface area contributed by atoms with Crippen molar-refractivity contribution in [1.29, 1.82) is 0 Å². The van der Waals surface area contributed by atoms with Gasteiger partial charge in [-0.15, -0.1) is 11.3 Å². The third kappa shape index (κ3) is 5.18. The summed E-state index contributed by atoms with van der Waals surface area (Å²) in [4.78, 5) is 5.57. The van der Waals surface area contributed by atoms with E-state index in [1.807, 2.05) is 12.4 Å². The molecular formula is C16H21BrN2OS. The van der Waals surface area contributed by atoms with Gasteiger partial charge in [0.2, 0.25) is 0 Å². The molecule has 2 rings (SSSR count). The number of benzene rings is 1. The Morgan fingerprint density at radius 2 is 2.24 bits per heavy atom. The van der Waals surface area contributed by atoms with E-state index in [1.165, 1.54) is 16.0 Å². The second-order valence-electron chi connectivity index (χ2n) is 4.87. The molecule has 1 aromatic heterocycles. The second-order valence-corrected chi connectivity index (χ2v) is 6.66. The summed E-state index contributed by atoms with van der Waals surface area (Å²) in [5.74, 6) is 0. The summed E-state index contributed by atoms with van der Waals surface area (Å²) in [6.07, 6.45) is 0.937. The Morgan fingerprint density at radius 3 is 2.90 bits per heavy atom. The largest absolute Gasteiger partial charge is 0.376 e. The normalized spacial score (nSPS) is 11.0. The number of hydrogen-bond donors (Lipinski definition) is 1.